The van der Waals surface area contributed by atoms with Gasteiger partial charge in [0.05, 0.1) is 10.7 Å². The van der Waals surface area contributed by atoms with Gasteiger partial charge in [0, 0.05) is 12.1 Å². The van der Waals surface area contributed by atoms with Crippen molar-refractivity contribution in [3.63, 3.8) is 0 Å². The van der Waals surface area contributed by atoms with E-state index in [0.29, 0.717) is 27.6 Å². The molecule has 0 unspecified atom stereocenters. The average Bonchev–Trinajstić information content (AvgIpc) is 2.48. The number of hydrogen-bond donors (Lipinski definition) is 2. The summed E-state index contributed by atoms with van der Waals surface area (Å²) in [6.45, 7) is 2.85. The van der Waals surface area contributed by atoms with Crippen LogP contribution in [0.1, 0.15) is 23.7 Å². The molecule has 0 aliphatic rings. The van der Waals surface area contributed by atoms with E-state index in [0.717, 1.165) is 13.0 Å². The van der Waals surface area contributed by atoms with E-state index in [4.69, 9.17) is 10.5 Å². The molecule has 3 N–H and O–H groups in total. The second-order valence-corrected chi connectivity index (χ2v) is 5.12. The summed E-state index contributed by atoms with van der Waals surface area (Å²) in [5.41, 5.74) is 5.62. The Bertz CT molecular complexity index is 631. The van der Waals surface area contributed by atoms with Crippen molar-refractivity contribution in [1.82, 2.24) is 9.97 Å². The van der Waals surface area contributed by atoms with Crippen molar-refractivity contribution in [2.75, 3.05) is 11.9 Å². The number of primary amides is 1. The lowest BCUT2D eigenvalue weighted by Crippen LogP contribution is -2.10. The Morgan fingerprint density at radius 3 is 2.71 bits per heavy atom. The Balaban J connectivity index is 2.16. The van der Waals surface area contributed by atoms with Crippen LogP contribution < -0.4 is 15.8 Å². The fourth-order valence-corrected chi connectivity index (χ4v) is 1.82. The normalized spacial score (nSPS) is 10.2. The Morgan fingerprint density at radius 2 is 2.10 bits per heavy atom. The zero-order valence-corrected chi connectivity index (χ0v) is 13.1. The van der Waals surface area contributed by atoms with Gasteiger partial charge in [-0.1, -0.05) is 6.92 Å². The molecule has 1 aromatic heterocycles. The van der Waals surface area contributed by atoms with E-state index >= 15 is 0 Å². The van der Waals surface area contributed by atoms with Crippen LogP contribution in [0.3, 0.4) is 0 Å². The number of nitrogens with two attached hydrogens (primary N) is 1. The number of rotatable bonds is 6. The Morgan fingerprint density at radius 1 is 1.38 bits per heavy atom. The maximum absolute atomic E-state index is 11.0. The molecule has 0 aliphatic heterocycles. The Kier molecular flexibility index (Phi) is 5.10. The third-order valence-corrected chi connectivity index (χ3v) is 3.14. The highest BCUT2D eigenvalue weighted by Crippen LogP contribution is 2.28. The molecule has 0 bridgehead atoms. The molecule has 1 aromatic carbocycles. The van der Waals surface area contributed by atoms with E-state index in [1.165, 1.54) is 0 Å². The Labute approximate surface area is 130 Å². The van der Waals surface area contributed by atoms with Gasteiger partial charge in [0.25, 0.3) is 0 Å². The van der Waals surface area contributed by atoms with Crippen molar-refractivity contribution >= 4 is 27.8 Å². The van der Waals surface area contributed by atoms with Crippen molar-refractivity contribution in [3.8, 4) is 11.6 Å². The van der Waals surface area contributed by atoms with Crippen LogP contribution in [0.25, 0.3) is 0 Å². The van der Waals surface area contributed by atoms with Crippen molar-refractivity contribution < 1.29 is 9.53 Å². The summed E-state index contributed by atoms with van der Waals surface area (Å²) in [6, 6.07) is 6.52. The summed E-state index contributed by atoms with van der Waals surface area (Å²) in [5, 5.41) is 3.09. The fourth-order valence-electron chi connectivity index (χ4n) is 1.54. The van der Waals surface area contributed by atoms with Crippen LogP contribution in [-0.4, -0.2) is 22.4 Å². The van der Waals surface area contributed by atoms with Crippen LogP contribution in [0.5, 0.6) is 11.6 Å². The van der Waals surface area contributed by atoms with Gasteiger partial charge in [-0.05, 0) is 46.6 Å². The van der Waals surface area contributed by atoms with Gasteiger partial charge in [-0.3, -0.25) is 4.79 Å². The van der Waals surface area contributed by atoms with Crippen molar-refractivity contribution in [2.45, 2.75) is 13.3 Å². The Hall–Kier alpha value is -2.15. The number of hydrogen-bond acceptors (Lipinski definition) is 5. The van der Waals surface area contributed by atoms with E-state index in [2.05, 4.69) is 38.1 Å². The number of nitrogens with one attached hydrogen (secondary N) is 1. The number of amides is 1. The number of ether oxygens (including phenoxy) is 1. The van der Waals surface area contributed by atoms with Crippen LogP contribution in [0.15, 0.2) is 34.9 Å². The molecule has 110 valence electrons. The zero-order valence-electron chi connectivity index (χ0n) is 11.5. The number of carbonyl (C=O) groups excluding carboxylic acids is 1. The minimum atomic E-state index is -0.476. The van der Waals surface area contributed by atoms with Gasteiger partial charge in [-0.15, -0.1) is 0 Å². The van der Waals surface area contributed by atoms with Crippen LogP contribution in [0.4, 0.5) is 5.95 Å². The minimum absolute atomic E-state index is 0.399. The largest absolute Gasteiger partial charge is 0.438 e. The predicted molar refractivity (Wildman–Crippen MR) is 83.5 cm³/mol. The van der Waals surface area contributed by atoms with Crippen LogP contribution in [0.2, 0.25) is 0 Å². The van der Waals surface area contributed by atoms with E-state index in [1.807, 2.05) is 0 Å². The third kappa shape index (κ3) is 4.16. The summed E-state index contributed by atoms with van der Waals surface area (Å²) >= 11 is 3.34. The molecule has 2 aromatic rings. The van der Waals surface area contributed by atoms with Gasteiger partial charge < -0.3 is 15.8 Å². The summed E-state index contributed by atoms with van der Waals surface area (Å²) in [4.78, 5) is 19.4. The average molecular weight is 351 g/mol. The molecule has 1 amide bonds. The monoisotopic (exact) mass is 350 g/mol. The minimum Gasteiger partial charge on any atom is -0.438 e. The first-order chi connectivity index (χ1) is 10.1. The topological polar surface area (TPSA) is 90.1 Å². The van der Waals surface area contributed by atoms with Crippen LogP contribution >= 0.6 is 15.9 Å². The smallest absolute Gasteiger partial charge is 0.248 e. The summed E-state index contributed by atoms with van der Waals surface area (Å²) in [5.74, 6) is 0.982. The SMILES string of the molecule is CCCNc1ncc(Br)c(Oc2ccc(C(N)=O)cc2)n1. The molecule has 0 saturated carbocycles. The van der Waals surface area contributed by atoms with Crippen molar-refractivity contribution in [1.29, 1.82) is 0 Å². The first-order valence-electron chi connectivity index (χ1n) is 6.44. The van der Waals surface area contributed by atoms with Crippen LogP contribution in [0, 0.1) is 0 Å². The molecule has 21 heavy (non-hydrogen) atoms. The number of benzene rings is 1. The van der Waals surface area contributed by atoms with Gasteiger partial charge in [-0.2, -0.15) is 4.98 Å². The molecular weight excluding hydrogens is 336 g/mol. The maximum atomic E-state index is 11.0. The highest BCUT2D eigenvalue weighted by Gasteiger charge is 2.08. The second kappa shape index (κ2) is 7.03. The first kappa shape index (κ1) is 15.2. The zero-order chi connectivity index (χ0) is 15.2. The molecule has 0 saturated heterocycles. The molecule has 0 aliphatic carbocycles. The number of nitrogens with zero attached hydrogens (tertiary/aromatic N) is 2. The van der Waals surface area contributed by atoms with Gasteiger partial charge in [0.1, 0.15) is 5.75 Å². The van der Waals surface area contributed by atoms with E-state index in [1.54, 1.807) is 30.5 Å². The molecule has 0 atom stereocenters. The van der Waals surface area contributed by atoms with Gasteiger partial charge in [0.2, 0.25) is 17.7 Å². The van der Waals surface area contributed by atoms with E-state index in [-0.39, 0.29) is 0 Å². The van der Waals surface area contributed by atoms with Crippen molar-refractivity contribution in [2.24, 2.45) is 5.73 Å². The van der Waals surface area contributed by atoms with Gasteiger partial charge in [-0.25, -0.2) is 4.98 Å². The van der Waals surface area contributed by atoms with Gasteiger partial charge in [0.15, 0.2) is 0 Å². The van der Waals surface area contributed by atoms with E-state index in [9.17, 15) is 4.79 Å². The number of carbonyl (C=O) groups is 1. The number of halogens is 1. The maximum Gasteiger partial charge on any atom is 0.248 e. The standard InChI is InChI=1S/C14H15BrN4O2/c1-2-7-17-14-18-8-11(15)13(19-14)21-10-5-3-9(4-6-10)12(16)20/h3-6,8H,2,7H2,1H3,(H2,16,20)(H,17,18,19). The van der Waals surface area contributed by atoms with Crippen molar-refractivity contribution in [3.05, 3.63) is 40.5 Å². The highest BCUT2D eigenvalue weighted by molar-refractivity contribution is 9.10. The molecule has 7 heteroatoms. The fraction of sp³-hybridized carbons (Fsp3) is 0.214. The molecule has 1 heterocycles. The highest BCUT2D eigenvalue weighted by atomic mass is 79.9. The molecule has 2 rings (SSSR count). The lowest BCUT2D eigenvalue weighted by atomic mass is 10.2. The second-order valence-electron chi connectivity index (χ2n) is 4.26. The molecule has 6 nitrogen and oxygen atoms in total. The first-order valence-corrected chi connectivity index (χ1v) is 7.23. The third-order valence-electron chi connectivity index (χ3n) is 2.60. The van der Waals surface area contributed by atoms with Gasteiger partial charge >= 0.3 is 0 Å². The summed E-state index contributed by atoms with van der Waals surface area (Å²) < 4.78 is 6.32. The van der Waals surface area contributed by atoms with E-state index < -0.39 is 5.91 Å². The summed E-state index contributed by atoms with van der Waals surface area (Å²) in [6.07, 6.45) is 2.60. The quantitative estimate of drug-likeness (QED) is 0.835. The molecule has 0 fully saturated rings. The molecule has 0 spiro atoms. The predicted octanol–water partition coefficient (Wildman–Crippen LogP) is 2.95. The van der Waals surface area contributed by atoms with Crippen LogP contribution in [-0.2, 0) is 0 Å². The molecule has 0 radical (unpaired) electrons. The lowest BCUT2D eigenvalue weighted by Gasteiger charge is -2.09. The number of anilines is 1. The summed E-state index contributed by atoms with van der Waals surface area (Å²) in [7, 11) is 0. The number of aromatic nitrogens is 2. The lowest BCUT2D eigenvalue weighted by molar-refractivity contribution is 0.100. The molecular formula is C14H15BrN4O2.